The van der Waals surface area contributed by atoms with Crippen LogP contribution in [-0.4, -0.2) is 19.9 Å². The van der Waals surface area contributed by atoms with Gasteiger partial charge in [-0.2, -0.15) is 0 Å². The average Bonchev–Trinajstić information content (AvgIpc) is 2.18. The van der Waals surface area contributed by atoms with Crippen LogP contribution in [-0.2, 0) is 9.47 Å². The SMILES string of the molecule is COCOC(=O)c1cccc(N)c1C. The van der Waals surface area contributed by atoms with E-state index in [4.69, 9.17) is 10.5 Å². The molecule has 0 aliphatic rings. The van der Waals surface area contributed by atoms with Gasteiger partial charge in [0.25, 0.3) is 0 Å². The standard InChI is InChI=1S/C10H13NO3/c1-7-8(4-3-5-9(7)11)10(12)14-6-13-2/h3-5H,6,11H2,1-2H3. The fourth-order valence-electron chi connectivity index (χ4n) is 1.06. The Labute approximate surface area is 82.6 Å². The molecule has 0 saturated carbocycles. The lowest BCUT2D eigenvalue weighted by Gasteiger charge is -2.07. The van der Waals surface area contributed by atoms with Crippen LogP contribution in [0, 0.1) is 6.92 Å². The Morgan fingerprint density at radius 1 is 1.50 bits per heavy atom. The Bertz CT molecular complexity index is 336. The van der Waals surface area contributed by atoms with Gasteiger partial charge in [-0.05, 0) is 24.6 Å². The molecule has 0 radical (unpaired) electrons. The van der Waals surface area contributed by atoms with Gasteiger partial charge in [-0.15, -0.1) is 0 Å². The van der Waals surface area contributed by atoms with Crippen LogP contribution >= 0.6 is 0 Å². The first-order valence-electron chi connectivity index (χ1n) is 4.18. The molecule has 0 bridgehead atoms. The van der Waals surface area contributed by atoms with E-state index in [0.717, 1.165) is 5.56 Å². The first-order valence-corrected chi connectivity index (χ1v) is 4.18. The number of carbonyl (C=O) groups excluding carboxylic acids is 1. The number of hydrogen-bond donors (Lipinski definition) is 1. The second-order valence-corrected chi connectivity index (χ2v) is 2.86. The molecule has 0 atom stereocenters. The number of carbonyl (C=O) groups is 1. The first kappa shape index (κ1) is 10.5. The maximum Gasteiger partial charge on any atom is 0.340 e. The van der Waals surface area contributed by atoms with Crippen molar-refractivity contribution in [3.8, 4) is 0 Å². The van der Waals surface area contributed by atoms with Crippen molar-refractivity contribution >= 4 is 11.7 Å². The molecule has 0 unspecified atom stereocenters. The predicted octanol–water partition coefficient (Wildman–Crippen LogP) is 1.34. The zero-order valence-electron chi connectivity index (χ0n) is 8.24. The summed E-state index contributed by atoms with van der Waals surface area (Å²) >= 11 is 0. The molecule has 1 aromatic carbocycles. The first-order chi connectivity index (χ1) is 6.66. The molecule has 0 saturated heterocycles. The zero-order chi connectivity index (χ0) is 10.6. The summed E-state index contributed by atoms with van der Waals surface area (Å²) in [5.41, 5.74) is 7.43. The number of esters is 1. The van der Waals surface area contributed by atoms with Crippen LogP contribution in [0.3, 0.4) is 0 Å². The number of hydrogen-bond acceptors (Lipinski definition) is 4. The summed E-state index contributed by atoms with van der Waals surface area (Å²) in [6.07, 6.45) is 0. The number of nitrogens with two attached hydrogens (primary N) is 1. The van der Waals surface area contributed by atoms with Crippen LogP contribution < -0.4 is 5.73 Å². The van der Waals surface area contributed by atoms with Gasteiger partial charge in [0.1, 0.15) is 0 Å². The molecule has 4 heteroatoms. The molecule has 2 N–H and O–H groups in total. The molecule has 0 aromatic heterocycles. The molecule has 0 fully saturated rings. The van der Waals surface area contributed by atoms with Crippen molar-refractivity contribution in [2.75, 3.05) is 19.6 Å². The van der Waals surface area contributed by atoms with Gasteiger partial charge < -0.3 is 15.2 Å². The number of ether oxygens (including phenoxy) is 2. The van der Waals surface area contributed by atoms with Crippen LogP contribution in [0.4, 0.5) is 5.69 Å². The van der Waals surface area contributed by atoms with Gasteiger partial charge in [0.05, 0.1) is 5.56 Å². The molecule has 0 aliphatic carbocycles. The topological polar surface area (TPSA) is 61.5 Å². The van der Waals surface area contributed by atoms with Crippen molar-refractivity contribution in [1.82, 2.24) is 0 Å². The highest BCUT2D eigenvalue weighted by atomic mass is 16.7. The highest BCUT2D eigenvalue weighted by Gasteiger charge is 2.11. The Balaban J connectivity index is 2.84. The van der Waals surface area contributed by atoms with Gasteiger partial charge in [0.15, 0.2) is 6.79 Å². The number of benzene rings is 1. The third-order valence-electron chi connectivity index (χ3n) is 1.90. The minimum Gasteiger partial charge on any atom is -0.435 e. The van der Waals surface area contributed by atoms with Crippen molar-refractivity contribution in [2.45, 2.75) is 6.92 Å². The molecule has 1 rings (SSSR count). The van der Waals surface area contributed by atoms with E-state index >= 15 is 0 Å². The van der Waals surface area contributed by atoms with Crippen molar-refractivity contribution in [1.29, 1.82) is 0 Å². The van der Waals surface area contributed by atoms with Gasteiger partial charge in [0.2, 0.25) is 0 Å². The molecule has 4 nitrogen and oxygen atoms in total. The van der Waals surface area contributed by atoms with Crippen LogP contribution in [0.1, 0.15) is 15.9 Å². The molecular weight excluding hydrogens is 182 g/mol. The van der Waals surface area contributed by atoms with Gasteiger partial charge in [-0.3, -0.25) is 0 Å². The fraction of sp³-hybridized carbons (Fsp3) is 0.300. The quantitative estimate of drug-likeness (QED) is 0.449. The third-order valence-corrected chi connectivity index (χ3v) is 1.90. The molecule has 0 heterocycles. The van der Waals surface area contributed by atoms with E-state index in [1.165, 1.54) is 7.11 Å². The number of nitrogen functional groups attached to an aromatic ring is 1. The highest BCUT2D eigenvalue weighted by molar-refractivity contribution is 5.92. The lowest BCUT2D eigenvalue weighted by molar-refractivity contribution is -0.0125. The number of anilines is 1. The summed E-state index contributed by atoms with van der Waals surface area (Å²) in [6, 6.07) is 5.12. The minimum absolute atomic E-state index is 0.0485. The molecule has 0 amide bonds. The number of rotatable bonds is 3. The summed E-state index contributed by atoms with van der Waals surface area (Å²) < 4.78 is 9.43. The predicted molar refractivity (Wildman–Crippen MR) is 52.9 cm³/mol. The maximum atomic E-state index is 11.4. The largest absolute Gasteiger partial charge is 0.435 e. The Morgan fingerprint density at radius 2 is 2.21 bits per heavy atom. The number of methoxy groups -OCH3 is 1. The molecule has 0 spiro atoms. The van der Waals surface area contributed by atoms with Crippen molar-refractivity contribution in [3.63, 3.8) is 0 Å². The monoisotopic (exact) mass is 195 g/mol. The zero-order valence-corrected chi connectivity index (χ0v) is 8.24. The Kier molecular flexibility index (Phi) is 3.48. The Morgan fingerprint density at radius 3 is 2.86 bits per heavy atom. The summed E-state index contributed by atoms with van der Waals surface area (Å²) in [6.45, 7) is 1.73. The van der Waals surface area contributed by atoms with Gasteiger partial charge in [0, 0.05) is 12.8 Å². The smallest absolute Gasteiger partial charge is 0.340 e. The van der Waals surface area contributed by atoms with Gasteiger partial charge in [-0.25, -0.2) is 4.79 Å². The van der Waals surface area contributed by atoms with Crippen LogP contribution in [0.15, 0.2) is 18.2 Å². The second-order valence-electron chi connectivity index (χ2n) is 2.86. The minimum atomic E-state index is -0.420. The molecule has 76 valence electrons. The average molecular weight is 195 g/mol. The highest BCUT2D eigenvalue weighted by Crippen LogP contribution is 2.16. The molecule has 14 heavy (non-hydrogen) atoms. The van der Waals surface area contributed by atoms with Gasteiger partial charge >= 0.3 is 5.97 Å². The van der Waals surface area contributed by atoms with Crippen LogP contribution in [0.2, 0.25) is 0 Å². The van der Waals surface area contributed by atoms with Crippen molar-refractivity contribution < 1.29 is 14.3 Å². The third kappa shape index (κ3) is 2.23. The summed E-state index contributed by atoms with van der Waals surface area (Å²) in [5.74, 6) is -0.420. The molecule has 0 aliphatic heterocycles. The van der Waals surface area contributed by atoms with Crippen molar-refractivity contribution in [2.24, 2.45) is 0 Å². The summed E-state index contributed by atoms with van der Waals surface area (Å²) in [7, 11) is 1.46. The summed E-state index contributed by atoms with van der Waals surface area (Å²) in [4.78, 5) is 11.4. The van der Waals surface area contributed by atoms with E-state index in [-0.39, 0.29) is 6.79 Å². The van der Waals surface area contributed by atoms with E-state index < -0.39 is 5.97 Å². The molecular formula is C10H13NO3. The van der Waals surface area contributed by atoms with Crippen LogP contribution in [0.25, 0.3) is 0 Å². The van der Waals surface area contributed by atoms with Gasteiger partial charge in [-0.1, -0.05) is 6.07 Å². The maximum absolute atomic E-state index is 11.4. The van der Waals surface area contributed by atoms with E-state index in [1.807, 2.05) is 0 Å². The Hall–Kier alpha value is -1.55. The normalized spacial score (nSPS) is 9.86. The lowest BCUT2D eigenvalue weighted by Crippen LogP contribution is -2.10. The lowest BCUT2D eigenvalue weighted by atomic mass is 10.1. The van der Waals surface area contributed by atoms with E-state index in [1.54, 1.807) is 25.1 Å². The van der Waals surface area contributed by atoms with Crippen LogP contribution in [0.5, 0.6) is 0 Å². The second kappa shape index (κ2) is 4.62. The van der Waals surface area contributed by atoms with Crippen molar-refractivity contribution in [3.05, 3.63) is 29.3 Å². The van der Waals surface area contributed by atoms with E-state index in [0.29, 0.717) is 11.3 Å². The molecule has 1 aromatic rings. The summed E-state index contributed by atoms with van der Waals surface area (Å²) in [5, 5.41) is 0. The van der Waals surface area contributed by atoms with E-state index in [9.17, 15) is 4.79 Å². The van der Waals surface area contributed by atoms with E-state index in [2.05, 4.69) is 4.74 Å². The fourth-order valence-corrected chi connectivity index (χ4v) is 1.06.